The van der Waals surface area contributed by atoms with Gasteiger partial charge in [0, 0.05) is 6.07 Å². The number of aromatic nitrogens is 3. The third-order valence-corrected chi connectivity index (χ3v) is 2.59. The highest BCUT2D eigenvalue weighted by molar-refractivity contribution is 5.94. The van der Waals surface area contributed by atoms with Crippen LogP contribution in [-0.2, 0) is 11.3 Å². The summed E-state index contributed by atoms with van der Waals surface area (Å²) in [7, 11) is 0. The number of carbonyl (C=O) groups is 1. The van der Waals surface area contributed by atoms with Crippen LogP contribution in [0.1, 0.15) is 15.9 Å². The number of nitro groups is 1. The molecule has 0 unspecified atom stereocenters. The molecule has 2 rings (SSSR count). The molecule has 1 aromatic heterocycles. The minimum Gasteiger partial charge on any atom is -0.460 e. The Bertz CT molecular complexity index is 624. The lowest BCUT2D eigenvalue weighted by Gasteiger charge is -2.06. The molecule has 0 saturated heterocycles. The molecule has 8 nitrogen and oxygen atoms in total. The molecule has 0 amide bonds. The number of rotatable bonds is 5. The summed E-state index contributed by atoms with van der Waals surface area (Å²) in [5.74, 6) is -0.722. The second-order valence-electron chi connectivity index (χ2n) is 4.07. The Balaban J connectivity index is 2.05. The maximum atomic E-state index is 11.9. The van der Waals surface area contributed by atoms with E-state index in [4.69, 9.17) is 4.74 Å². The number of nitrogens with zero attached hydrogens (tertiary/aromatic N) is 4. The molecule has 0 aliphatic rings. The number of nitro benzene ring substituents is 1. The number of esters is 1. The highest BCUT2D eigenvalue weighted by Gasteiger charge is 2.21. The van der Waals surface area contributed by atoms with Gasteiger partial charge in [-0.3, -0.25) is 10.1 Å². The predicted octanol–water partition coefficient (Wildman–Crippen LogP) is 1.35. The molecular weight excluding hydrogens is 264 g/mol. The zero-order valence-electron chi connectivity index (χ0n) is 10.7. The lowest BCUT2D eigenvalue weighted by atomic mass is 10.1. The molecule has 0 radical (unpaired) electrons. The average Bonchev–Trinajstić information content (AvgIpc) is 2.91. The van der Waals surface area contributed by atoms with Crippen LogP contribution in [0.4, 0.5) is 5.69 Å². The van der Waals surface area contributed by atoms with Crippen LogP contribution in [0.3, 0.4) is 0 Å². The molecule has 0 saturated carbocycles. The molecular formula is C12H12N4O4. The van der Waals surface area contributed by atoms with Crippen molar-refractivity contribution in [1.29, 1.82) is 0 Å². The molecule has 0 atom stereocenters. The van der Waals surface area contributed by atoms with Crippen LogP contribution in [0, 0.1) is 17.0 Å². The molecule has 0 fully saturated rings. The Morgan fingerprint density at radius 2 is 2.30 bits per heavy atom. The number of benzene rings is 1. The smallest absolute Gasteiger partial charge is 0.345 e. The molecule has 0 spiro atoms. The zero-order valence-corrected chi connectivity index (χ0v) is 10.7. The number of hydrogen-bond acceptors (Lipinski definition) is 6. The Morgan fingerprint density at radius 1 is 1.50 bits per heavy atom. The van der Waals surface area contributed by atoms with E-state index in [-0.39, 0.29) is 17.9 Å². The topological polar surface area (TPSA) is 100 Å². The number of aryl methyl sites for hydroxylation is 1. The third kappa shape index (κ3) is 3.16. The van der Waals surface area contributed by atoms with Gasteiger partial charge < -0.3 is 4.74 Å². The maximum absolute atomic E-state index is 11.9. The minimum absolute atomic E-state index is 0.0476. The summed E-state index contributed by atoms with van der Waals surface area (Å²) in [5, 5.41) is 14.7. The van der Waals surface area contributed by atoms with E-state index in [1.165, 1.54) is 29.5 Å². The van der Waals surface area contributed by atoms with E-state index in [1.807, 2.05) is 0 Å². The SMILES string of the molecule is Cc1ccc([N+](=O)[O-])c(C(=O)OCCn2cncn2)c1. The van der Waals surface area contributed by atoms with Crippen molar-refractivity contribution in [2.24, 2.45) is 0 Å². The fraction of sp³-hybridized carbons (Fsp3) is 0.250. The Morgan fingerprint density at radius 3 is 2.95 bits per heavy atom. The van der Waals surface area contributed by atoms with Crippen molar-refractivity contribution in [3.05, 3.63) is 52.1 Å². The van der Waals surface area contributed by atoms with Crippen molar-refractivity contribution in [1.82, 2.24) is 14.8 Å². The van der Waals surface area contributed by atoms with Crippen LogP contribution in [0.5, 0.6) is 0 Å². The summed E-state index contributed by atoms with van der Waals surface area (Å²) >= 11 is 0. The van der Waals surface area contributed by atoms with E-state index >= 15 is 0 Å². The van der Waals surface area contributed by atoms with E-state index in [9.17, 15) is 14.9 Å². The molecule has 0 bridgehead atoms. The predicted molar refractivity (Wildman–Crippen MR) is 68.1 cm³/mol. The van der Waals surface area contributed by atoms with Gasteiger partial charge in [0.1, 0.15) is 24.8 Å². The lowest BCUT2D eigenvalue weighted by Crippen LogP contribution is -2.13. The molecule has 20 heavy (non-hydrogen) atoms. The fourth-order valence-electron chi connectivity index (χ4n) is 1.63. The Kier molecular flexibility index (Phi) is 4.04. The van der Waals surface area contributed by atoms with Crippen LogP contribution in [-0.4, -0.2) is 32.3 Å². The standard InChI is InChI=1S/C12H12N4O4/c1-9-2-3-11(16(18)19)10(6-9)12(17)20-5-4-15-8-13-7-14-15/h2-3,6-8H,4-5H2,1H3. The van der Waals surface area contributed by atoms with Crippen LogP contribution >= 0.6 is 0 Å². The van der Waals surface area contributed by atoms with Crippen LogP contribution in [0.2, 0.25) is 0 Å². The van der Waals surface area contributed by atoms with Gasteiger partial charge in [-0.15, -0.1) is 0 Å². The molecule has 0 aliphatic heterocycles. The Labute approximate surface area is 114 Å². The average molecular weight is 276 g/mol. The van der Waals surface area contributed by atoms with Crippen molar-refractivity contribution in [3.8, 4) is 0 Å². The molecule has 2 aromatic rings. The van der Waals surface area contributed by atoms with Gasteiger partial charge in [0.05, 0.1) is 11.5 Å². The van der Waals surface area contributed by atoms with Crippen LogP contribution in [0.15, 0.2) is 30.9 Å². The first kappa shape index (κ1) is 13.7. The van der Waals surface area contributed by atoms with Crippen LogP contribution < -0.4 is 0 Å². The molecule has 8 heteroatoms. The Hall–Kier alpha value is -2.77. The second-order valence-corrected chi connectivity index (χ2v) is 4.07. The van der Waals surface area contributed by atoms with Gasteiger partial charge in [-0.05, 0) is 18.6 Å². The lowest BCUT2D eigenvalue weighted by molar-refractivity contribution is -0.385. The summed E-state index contributed by atoms with van der Waals surface area (Å²) in [6, 6.07) is 4.31. The van der Waals surface area contributed by atoms with Crippen molar-refractivity contribution in [2.75, 3.05) is 6.61 Å². The monoisotopic (exact) mass is 276 g/mol. The van der Waals surface area contributed by atoms with Gasteiger partial charge >= 0.3 is 5.97 Å². The third-order valence-electron chi connectivity index (χ3n) is 2.59. The molecule has 1 aromatic carbocycles. The summed E-state index contributed by atoms with van der Waals surface area (Å²) in [4.78, 5) is 25.9. The molecule has 1 heterocycles. The van der Waals surface area contributed by atoms with Gasteiger partial charge in [-0.25, -0.2) is 14.5 Å². The first-order valence-corrected chi connectivity index (χ1v) is 5.82. The van der Waals surface area contributed by atoms with Crippen LogP contribution in [0.25, 0.3) is 0 Å². The van der Waals surface area contributed by atoms with E-state index in [1.54, 1.807) is 13.0 Å². The summed E-state index contributed by atoms with van der Waals surface area (Å²) in [6.07, 6.45) is 2.86. The maximum Gasteiger partial charge on any atom is 0.345 e. The highest BCUT2D eigenvalue weighted by atomic mass is 16.6. The summed E-state index contributed by atoms with van der Waals surface area (Å²) < 4.78 is 6.51. The summed E-state index contributed by atoms with van der Waals surface area (Å²) in [6.45, 7) is 2.15. The molecule has 0 aliphatic carbocycles. The number of carbonyl (C=O) groups excluding carboxylic acids is 1. The fourth-order valence-corrected chi connectivity index (χ4v) is 1.63. The normalized spacial score (nSPS) is 10.2. The van der Waals surface area contributed by atoms with Gasteiger partial charge in [0.25, 0.3) is 5.69 Å². The van der Waals surface area contributed by atoms with E-state index in [2.05, 4.69) is 10.1 Å². The van der Waals surface area contributed by atoms with E-state index in [0.29, 0.717) is 6.54 Å². The highest BCUT2D eigenvalue weighted by Crippen LogP contribution is 2.20. The van der Waals surface area contributed by atoms with Gasteiger partial charge in [0.15, 0.2) is 0 Å². The summed E-state index contributed by atoms with van der Waals surface area (Å²) in [5.41, 5.74) is 0.439. The molecule has 104 valence electrons. The number of hydrogen-bond donors (Lipinski definition) is 0. The number of ether oxygens (including phenoxy) is 1. The van der Waals surface area contributed by atoms with Crippen molar-refractivity contribution in [3.63, 3.8) is 0 Å². The molecule has 0 N–H and O–H groups in total. The van der Waals surface area contributed by atoms with Crippen molar-refractivity contribution in [2.45, 2.75) is 13.5 Å². The second kappa shape index (κ2) is 5.91. The largest absolute Gasteiger partial charge is 0.460 e. The minimum atomic E-state index is -0.722. The van der Waals surface area contributed by atoms with E-state index in [0.717, 1.165) is 5.56 Å². The van der Waals surface area contributed by atoms with Gasteiger partial charge in [0.2, 0.25) is 0 Å². The first-order valence-electron chi connectivity index (χ1n) is 5.82. The van der Waals surface area contributed by atoms with Crippen molar-refractivity contribution < 1.29 is 14.5 Å². The van der Waals surface area contributed by atoms with Gasteiger partial charge in [-0.2, -0.15) is 5.10 Å². The first-order chi connectivity index (χ1) is 9.58. The zero-order chi connectivity index (χ0) is 14.5. The quantitative estimate of drug-likeness (QED) is 0.464. The van der Waals surface area contributed by atoms with Crippen molar-refractivity contribution >= 4 is 11.7 Å². The van der Waals surface area contributed by atoms with Gasteiger partial charge in [-0.1, -0.05) is 6.07 Å². The van der Waals surface area contributed by atoms with E-state index < -0.39 is 10.9 Å².